The van der Waals surface area contributed by atoms with Gasteiger partial charge in [0.15, 0.2) is 0 Å². The molecule has 29 heavy (non-hydrogen) atoms. The number of fused-ring (bicyclic) bond motifs is 2. The Bertz CT molecular complexity index is 611. The van der Waals surface area contributed by atoms with Gasteiger partial charge < -0.3 is 25.1 Å². The molecule has 3 rings (SSSR count). The summed E-state index contributed by atoms with van der Waals surface area (Å²) < 4.78 is 5.75. The summed E-state index contributed by atoms with van der Waals surface area (Å²) in [4.78, 5) is 3.85. The first kappa shape index (κ1) is 25.1. The van der Waals surface area contributed by atoms with Crippen molar-refractivity contribution in [3.05, 3.63) is 29.3 Å². The fourth-order valence-corrected chi connectivity index (χ4v) is 5.28. The summed E-state index contributed by atoms with van der Waals surface area (Å²) >= 11 is 0. The molecule has 2 aliphatic rings. The van der Waals surface area contributed by atoms with E-state index in [0.717, 1.165) is 50.7 Å². The summed E-state index contributed by atoms with van der Waals surface area (Å²) in [6, 6.07) is 6.12. The molecule has 0 bridgehead atoms. The van der Waals surface area contributed by atoms with Crippen LogP contribution < -0.4 is 39.6 Å². The number of rotatable bonds is 11. The van der Waals surface area contributed by atoms with Crippen LogP contribution in [0.4, 0.5) is 0 Å². The maximum atomic E-state index is 10.7. The molecule has 5 atom stereocenters. The topological polar surface area (TPSA) is 82.0 Å². The second kappa shape index (κ2) is 12.7. The molecule has 6 heteroatoms. The Morgan fingerprint density at radius 2 is 2.00 bits per heavy atom. The van der Waals surface area contributed by atoms with Gasteiger partial charge in [0.2, 0.25) is 0 Å². The summed E-state index contributed by atoms with van der Waals surface area (Å²) in [5.74, 6) is 2.06. The van der Waals surface area contributed by atoms with Gasteiger partial charge in [0, 0.05) is 0 Å². The number of aliphatic hydroxyl groups excluding tert-OH is 2. The van der Waals surface area contributed by atoms with Crippen molar-refractivity contribution in [3.63, 3.8) is 0 Å². The Hall–Kier alpha value is -0.140. The third-order valence-corrected chi connectivity index (χ3v) is 6.74. The molecule has 1 fully saturated rings. The maximum absolute atomic E-state index is 10.7. The zero-order valence-electron chi connectivity index (χ0n) is 18.0. The van der Waals surface area contributed by atoms with Gasteiger partial charge in [-0.1, -0.05) is 38.3 Å². The van der Waals surface area contributed by atoms with Crippen molar-refractivity contribution >= 4 is 0 Å². The summed E-state index contributed by atoms with van der Waals surface area (Å²) in [7, 11) is 0. The molecule has 1 unspecified atom stereocenters. The van der Waals surface area contributed by atoms with Gasteiger partial charge in [-0.3, -0.25) is 0 Å². The first-order chi connectivity index (χ1) is 13.6. The molecule has 0 spiro atoms. The molecule has 2 aliphatic carbocycles. The van der Waals surface area contributed by atoms with Gasteiger partial charge in [-0.2, -0.15) is 0 Å². The average Bonchev–Trinajstić information content (AvgIpc) is 2.99. The van der Waals surface area contributed by atoms with Crippen molar-refractivity contribution in [2.45, 2.75) is 76.9 Å². The first-order valence-electron chi connectivity index (χ1n) is 11.0. The summed E-state index contributed by atoms with van der Waals surface area (Å²) in [6.07, 6.45) is 8.21. The van der Waals surface area contributed by atoms with Gasteiger partial charge in [0.1, 0.15) is 12.4 Å². The predicted octanol–water partition coefficient (Wildman–Crippen LogP) is -0.205. The zero-order chi connectivity index (χ0) is 19.9. The Kier molecular flexibility index (Phi) is 11.0. The summed E-state index contributed by atoms with van der Waals surface area (Å²) in [6.45, 7) is 2.47. The quantitative estimate of drug-likeness (QED) is 0.227. The average molecular weight is 415 g/mol. The molecule has 0 heterocycles. The monoisotopic (exact) mass is 414 g/mol. The number of ether oxygens (including phenoxy) is 1. The molecule has 5 nitrogen and oxygen atoms in total. The van der Waals surface area contributed by atoms with Crippen molar-refractivity contribution in [1.29, 1.82) is 0 Å². The van der Waals surface area contributed by atoms with Crippen molar-refractivity contribution in [2.24, 2.45) is 17.8 Å². The number of unbranched alkanes of at least 4 members (excludes halogenated alkanes) is 2. The van der Waals surface area contributed by atoms with Crippen molar-refractivity contribution in [3.8, 4) is 5.75 Å². The van der Waals surface area contributed by atoms with E-state index in [4.69, 9.17) is 4.74 Å². The predicted molar refractivity (Wildman–Crippen MR) is 106 cm³/mol. The summed E-state index contributed by atoms with van der Waals surface area (Å²) in [5, 5.41) is 31.2. The summed E-state index contributed by atoms with van der Waals surface area (Å²) in [5.41, 5.74) is 2.52. The van der Waals surface area contributed by atoms with Crippen LogP contribution in [0.1, 0.15) is 63.0 Å². The van der Waals surface area contributed by atoms with E-state index in [1.807, 2.05) is 12.1 Å². The van der Waals surface area contributed by atoms with Crippen LogP contribution in [-0.4, -0.2) is 35.6 Å². The van der Waals surface area contributed by atoms with Crippen LogP contribution in [0.25, 0.3) is 0 Å². The fraction of sp³-hybridized carbons (Fsp3) is 0.739. The first-order valence-corrected chi connectivity index (χ1v) is 11.0. The van der Waals surface area contributed by atoms with Crippen LogP contribution in [0, 0.1) is 17.8 Å². The number of aliphatic hydroxyl groups is 2. The van der Waals surface area contributed by atoms with E-state index in [9.17, 15) is 15.5 Å². The van der Waals surface area contributed by atoms with E-state index in [1.54, 1.807) is 0 Å². The van der Waals surface area contributed by atoms with Crippen LogP contribution in [0.2, 0.25) is 0 Å². The molecular formula is C23H35NaO5. The van der Waals surface area contributed by atoms with Crippen LogP contribution in [-0.2, 0) is 17.7 Å². The van der Waals surface area contributed by atoms with Gasteiger partial charge in [-0.05, 0) is 73.5 Å². The third-order valence-electron chi connectivity index (χ3n) is 6.74. The molecule has 0 aliphatic heterocycles. The maximum Gasteiger partial charge on any atom is 1.00 e. The van der Waals surface area contributed by atoms with E-state index in [1.165, 1.54) is 24.0 Å². The van der Waals surface area contributed by atoms with E-state index >= 15 is 0 Å². The third kappa shape index (κ3) is 6.67. The Morgan fingerprint density at radius 1 is 1.17 bits per heavy atom. The normalized spacial score (nSPS) is 26.3. The smallest absolute Gasteiger partial charge is 0.723 e. The van der Waals surface area contributed by atoms with Crippen molar-refractivity contribution < 1.29 is 54.7 Å². The Morgan fingerprint density at radius 3 is 2.76 bits per heavy atom. The van der Waals surface area contributed by atoms with E-state index < -0.39 is 0 Å². The second-order valence-corrected chi connectivity index (χ2v) is 8.59. The van der Waals surface area contributed by atoms with Crippen molar-refractivity contribution in [1.82, 2.24) is 0 Å². The Labute approximate surface area is 197 Å². The number of hydrogen-bond acceptors (Lipinski definition) is 5. The van der Waals surface area contributed by atoms with E-state index in [2.05, 4.69) is 17.9 Å². The van der Waals surface area contributed by atoms with Crippen LogP contribution in [0.15, 0.2) is 18.2 Å². The van der Waals surface area contributed by atoms with Gasteiger partial charge >= 0.3 is 29.6 Å². The molecule has 0 saturated heterocycles. The molecule has 2 N–H and O–H groups in total. The van der Waals surface area contributed by atoms with Gasteiger partial charge in [0.05, 0.1) is 18.8 Å². The van der Waals surface area contributed by atoms with Gasteiger partial charge in [0.25, 0.3) is 0 Å². The van der Waals surface area contributed by atoms with Crippen LogP contribution in [0.5, 0.6) is 5.75 Å². The molecule has 0 aromatic heterocycles. The standard InChI is InChI=1S/C23H36O5.Na/c1-2-3-4-7-18(24)9-10-19-20-13-16-6-5-8-23(27-11-12-28-26)21(16)14-17(20)15-22(19)25;/h5-6,8,17-20,22,24-26H,2-4,7,9-15H2,1H3;/q;+1/p-1/t17?,18-,19+,20-,22+;/m0./s1. The van der Waals surface area contributed by atoms with Crippen molar-refractivity contribution in [2.75, 3.05) is 13.2 Å². The van der Waals surface area contributed by atoms with E-state index in [-0.39, 0.29) is 60.9 Å². The molecule has 1 aromatic carbocycles. The second-order valence-electron chi connectivity index (χ2n) is 8.59. The minimum atomic E-state index is -0.273. The number of hydrogen-bond donors (Lipinski definition) is 2. The SMILES string of the molecule is CCCCC[C@H](O)CC[C@H]1[C@H](O)CC2Cc3c(cccc3OCCO[O-])C[C@@H]21.[Na+]. The van der Waals surface area contributed by atoms with Gasteiger partial charge in [-0.25, -0.2) is 0 Å². The molecule has 0 amide bonds. The zero-order valence-corrected chi connectivity index (χ0v) is 20.0. The molecular weight excluding hydrogens is 379 g/mol. The Balaban J connectivity index is 0.00000300. The minimum absolute atomic E-state index is 0. The molecule has 1 aromatic rings. The van der Waals surface area contributed by atoms with Gasteiger partial charge in [-0.15, -0.1) is 0 Å². The van der Waals surface area contributed by atoms with Crippen LogP contribution >= 0.6 is 0 Å². The molecule has 0 radical (unpaired) electrons. The molecule has 1 saturated carbocycles. The number of benzene rings is 1. The molecule has 158 valence electrons. The minimum Gasteiger partial charge on any atom is -0.723 e. The largest absolute Gasteiger partial charge is 1.00 e. The van der Waals surface area contributed by atoms with E-state index in [0.29, 0.717) is 11.8 Å². The fourth-order valence-electron chi connectivity index (χ4n) is 5.28. The van der Waals surface area contributed by atoms with Crippen LogP contribution in [0.3, 0.4) is 0 Å².